The molecule has 16 heavy (non-hydrogen) atoms. The van der Waals surface area contributed by atoms with Crippen molar-refractivity contribution in [1.82, 2.24) is 0 Å². The standard InChI is InChI=1S/C12H10N2O2/c1-9(2)12(15)16-14-11(8-13)10-6-4-3-5-7-10/h3-7H,1H2,2H3. The molecule has 0 amide bonds. The monoisotopic (exact) mass is 214 g/mol. The number of carbonyl (C=O) groups excluding carboxylic acids is 1. The molecule has 0 aliphatic rings. The van der Waals surface area contributed by atoms with Crippen LogP contribution in [0.3, 0.4) is 0 Å². The number of oxime groups is 1. The molecule has 0 radical (unpaired) electrons. The van der Waals surface area contributed by atoms with Crippen LogP contribution < -0.4 is 0 Å². The molecule has 0 bridgehead atoms. The number of hydrogen-bond acceptors (Lipinski definition) is 4. The van der Waals surface area contributed by atoms with E-state index in [-0.39, 0.29) is 11.3 Å². The zero-order valence-electron chi connectivity index (χ0n) is 8.80. The molecule has 0 aliphatic carbocycles. The lowest BCUT2D eigenvalue weighted by molar-refractivity contribution is -0.138. The van der Waals surface area contributed by atoms with Gasteiger partial charge in [0.05, 0.1) is 0 Å². The lowest BCUT2D eigenvalue weighted by Gasteiger charge is -1.98. The van der Waals surface area contributed by atoms with E-state index >= 15 is 0 Å². The van der Waals surface area contributed by atoms with E-state index in [4.69, 9.17) is 5.26 Å². The van der Waals surface area contributed by atoms with Crippen LogP contribution in [-0.4, -0.2) is 11.7 Å². The van der Waals surface area contributed by atoms with Crippen LogP contribution in [0.15, 0.2) is 47.6 Å². The summed E-state index contributed by atoms with van der Waals surface area (Å²) in [7, 11) is 0. The molecule has 0 saturated heterocycles. The Labute approximate surface area is 93.4 Å². The van der Waals surface area contributed by atoms with Crippen molar-refractivity contribution in [3.05, 3.63) is 48.0 Å². The second kappa shape index (κ2) is 5.47. The van der Waals surface area contributed by atoms with Crippen LogP contribution in [0.5, 0.6) is 0 Å². The number of nitriles is 1. The van der Waals surface area contributed by atoms with Gasteiger partial charge < -0.3 is 4.84 Å². The maximum absolute atomic E-state index is 11.1. The van der Waals surface area contributed by atoms with Crippen molar-refractivity contribution in [2.45, 2.75) is 6.92 Å². The van der Waals surface area contributed by atoms with Crippen LogP contribution in [0.2, 0.25) is 0 Å². The summed E-state index contributed by atoms with van der Waals surface area (Å²) >= 11 is 0. The van der Waals surface area contributed by atoms with E-state index in [0.29, 0.717) is 5.56 Å². The van der Waals surface area contributed by atoms with Crippen molar-refractivity contribution in [1.29, 1.82) is 5.26 Å². The minimum absolute atomic E-state index is 0.0511. The molecule has 4 heteroatoms. The Morgan fingerprint density at radius 3 is 2.56 bits per heavy atom. The molecule has 0 spiro atoms. The normalized spacial score (nSPS) is 10.4. The minimum atomic E-state index is -0.649. The average Bonchev–Trinajstić information content (AvgIpc) is 2.30. The molecule has 0 aliphatic heterocycles. The average molecular weight is 214 g/mol. The summed E-state index contributed by atoms with van der Waals surface area (Å²) in [6.07, 6.45) is 0. The largest absolute Gasteiger partial charge is 0.360 e. The molecule has 80 valence electrons. The van der Waals surface area contributed by atoms with Crippen molar-refractivity contribution in [3.63, 3.8) is 0 Å². The summed E-state index contributed by atoms with van der Waals surface area (Å²) in [4.78, 5) is 15.6. The van der Waals surface area contributed by atoms with Crippen LogP contribution in [0.25, 0.3) is 0 Å². The second-order valence-corrected chi connectivity index (χ2v) is 3.08. The van der Waals surface area contributed by atoms with E-state index in [1.54, 1.807) is 24.3 Å². The van der Waals surface area contributed by atoms with Crippen molar-refractivity contribution in [3.8, 4) is 6.07 Å². The Morgan fingerprint density at radius 1 is 1.44 bits per heavy atom. The molecule has 0 unspecified atom stereocenters. The predicted molar refractivity (Wildman–Crippen MR) is 59.5 cm³/mol. The fourth-order valence-electron chi connectivity index (χ4n) is 0.899. The number of hydrogen-bond donors (Lipinski definition) is 0. The summed E-state index contributed by atoms with van der Waals surface area (Å²) in [6, 6.07) is 10.6. The third-order valence-electron chi connectivity index (χ3n) is 1.72. The number of carbonyl (C=O) groups is 1. The van der Waals surface area contributed by atoms with Crippen LogP contribution in [0, 0.1) is 11.3 Å². The van der Waals surface area contributed by atoms with Gasteiger partial charge in [-0.15, -0.1) is 0 Å². The van der Waals surface area contributed by atoms with Gasteiger partial charge in [0.25, 0.3) is 0 Å². The highest BCUT2D eigenvalue weighted by Gasteiger charge is 2.06. The molecule has 0 saturated carbocycles. The third-order valence-corrected chi connectivity index (χ3v) is 1.72. The molecule has 1 aromatic rings. The zero-order chi connectivity index (χ0) is 12.0. The van der Waals surface area contributed by atoms with Crippen LogP contribution >= 0.6 is 0 Å². The molecule has 0 N–H and O–H groups in total. The van der Waals surface area contributed by atoms with Crippen molar-refractivity contribution in [2.24, 2.45) is 5.16 Å². The van der Waals surface area contributed by atoms with Crippen LogP contribution in [-0.2, 0) is 9.63 Å². The first-order valence-corrected chi connectivity index (χ1v) is 4.55. The second-order valence-electron chi connectivity index (χ2n) is 3.08. The molecule has 0 atom stereocenters. The van der Waals surface area contributed by atoms with Gasteiger partial charge in [0.2, 0.25) is 0 Å². The van der Waals surface area contributed by atoms with Gasteiger partial charge in [0.1, 0.15) is 6.07 Å². The fourth-order valence-corrected chi connectivity index (χ4v) is 0.899. The van der Waals surface area contributed by atoms with Gasteiger partial charge in [-0.25, -0.2) is 4.79 Å². The molecule has 0 heterocycles. The smallest absolute Gasteiger partial charge is 0.312 e. The van der Waals surface area contributed by atoms with Crippen LogP contribution in [0.4, 0.5) is 0 Å². The van der Waals surface area contributed by atoms with E-state index in [0.717, 1.165) is 0 Å². The maximum atomic E-state index is 11.1. The van der Waals surface area contributed by atoms with Crippen molar-refractivity contribution in [2.75, 3.05) is 0 Å². The van der Waals surface area contributed by atoms with Crippen molar-refractivity contribution >= 4 is 11.7 Å². The first kappa shape index (κ1) is 11.7. The Balaban J connectivity index is 2.85. The highest BCUT2D eigenvalue weighted by molar-refractivity contribution is 6.11. The Bertz CT molecular complexity index is 470. The SMILES string of the molecule is C=C(C)C(=O)ON=C(C#N)c1ccccc1. The summed E-state index contributed by atoms with van der Waals surface area (Å²) in [6.45, 7) is 4.91. The topological polar surface area (TPSA) is 62.4 Å². The molecular formula is C12H10N2O2. The molecular weight excluding hydrogens is 204 g/mol. The zero-order valence-corrected chi connectivity index (χ0v) is 8.80. The van der Waals surface area contributed by atoms with E-state index in [1.807, 2.05) is 12.1 Å². The summed E-state index contributed by atoms with van der Waals surface area (Å²) in [5.41, 5.74) is 0.879. The van der Waals surface area contributed by atoms with Gasteiger partial charge >= 0.3 is 5.97 Å². The van der Waals surface area contributed by atoms with Crippen molar-refractivity contribution < 1.29 is 9.63 Å². The molecule has 1 rings (SSSR count). The summed E-state index contributed by atoms with van der Waals surface area (Å²) < 4.78 is 0. The van der Waals surface area contributed by atoms with Gasteiger partial charge in [-0.2, -0.15) is 5.26 Å². The molecule has 4 nitrogen and oxygen atoms in total. The fraction of sp³-hybridized carbons (Fsp3) is 0.0833. The first-order valence-electron chi connectivity index (χ1n) is 4.55. The lowest BCUT2D eigenvalue weighted by Crippen LogP contribution is -2.04. The number of nitrogens with zero attached hydrogens (tertiary/aromatic N) is 2. The quantitative estimate of drug-likeness (QED) is 0.335. The Hall–Kier alpha value is -2.41. The van der Waals surface area contributed by atoms with Crippen LogP contribution in [0.1, 0.15) is 12.5 Å². The van der Waals surface area contributed by atoms with Gasteiger partial charge in [-0.3, -0.25) is 0 Å². The molecule has 0 fully saturated rings. The van der Waals surface area contributed by atoms with Gasteiger partial charge in [-0.1, -0.05) is 42.1 Å². The van der Waals surface area contributed by atoms with E-state index in [9.17, 15) is 4.79 Å². The van der Waals surface area contributed by atoms with E-state index in [2.05, 4.69) is 16.6 Å². The highest BCUT2D eigenvalue weighted by Crippen LogP contribution is 2.02. The molecule has 1 aromatic carbocycles. The number of rotatable bonds is 3. The Kier molecular flexibility index (Phi) is 3.98. The maximum Gasteiger partial charge on any atom is 0.360 e. The van der Waals surface area contributed by atoms with E-state index in [1.165, 1.54) is 6.92 Å². The summed E-state index contributed by atoms with van der Waals surface area (Å²) in [5, 5.41) is 12.3. The Morgan fingerprint density at radius 2 is 2.06 bits per heavy atom. The number of benzene rings is 1. The minimum Gasteiger partial charge on any atom is -0.312 e. The first-order chi connectivity index (χ1) is 7.65. The van der Waals surface area contributed by atoms with Gasteiger partial charge in [0.15, 0.2) is 5.71 Å². The third kappa shape index (κ3) is 3.07. The van der Waals surface area contributed by atoms with Gasteiger partial charge in [0, 0.05) is 11.1 Å². The predicted octanol–water partition coefficient (Wildman–Crippen LogP) is 2.03. The molecule has 0 aromatic heterocycles. The summed E-state index contributed by atoms with van der Waals surface area (Å²) in [5.74, 6) is -0.649. The van der Waals surface area contributed by atoms with Gasteiger partial charge in [-0.05, 0) is 6.92 Å². The van der Waals surface area contributed by atoms with E-state index < -0.39 is 5.97 Å². The highest BCUT2D eigenvalue weighted by atomic mass is 16.7. The lowest BCUT2D eigenvalue weighted by atomic mass is 10.1.